The van der Waals surface area contributed by atoms with Gasteiger partial charge in [-0.3, -0.25) is 4.79 Å². The molecule has 0 saturated heterocycles. The lowest BCUT2D eigenvalue weighted by Gasteiger charge is -2.23. The van der Waals surface area contributed by atoms with Crippen molar-refractivity contribution in [3.8, 4) is 5.75 Å². The topological polar surface area (TPSA) is 70.1 Å². The first-order chi connectivity index (χ1) is 9.36. The quantitative estimate of drug-likeness (QED) is 0.932. The van der Waals surface area contributed by atoms with Crippen LogP contribution < -0.4 is 10.5 Å². The minimum Gasteiger partial charge on any atom is -0.497 e. The molecule has 0 atom stereocenters. The fourth-order valence-electron chi connectivity index (χ4n) is 2.08. The van der Waals surface area contributed by atoms with Crippen LogP contribution in [-0.2, 0) is 5.41 Å². The van der Waals surface area contributed by atoms with Gasteiger partial charge in [0.2, 0.25) is 0 Å². The number of nitrogens with zero attached hydrogens (tertiary/aromatic N) is 2. The summed E-state index contributed by atoms with van der Waals surface area (Å²) in [7, 11) is 1.61. The van der Waals surface area contributed by atoms with Crippen molar-refractivity contribution in [3.05, 3.63) is 41.6 Å². The van der Waals surface area contributed by atoms with Gasteiger partial charge in [0.05, 0.1) is 18.2 Å². The minimum absolute atomic E-state index is 0.159. The van der Waals surface area contributed by atoms with Crippen LogP contribution in [-0.4, -0.2) is 22.8 Å². The number of benzene rings is 1. The number of carbonyl (C=O) groups is 1. The van der Waals surface area contributed by atoms with E-state index in [0.717, 1.165) is 17.0 Å². The second kappa shape index (κ2) is 5.00. The van der Waals surface area contributed by atoms with Gasteiger partial charge in [-0.15, -0.1) is 0 Å². The minimum atomic E-state index is -0.723. The third-order valence-electron chi connectivity index (χ3n) is 3.40. The predicted molar refractivity (Wildman–Crippen MR) is 78.0 cm³/mol. The van der Waals surface area contributed by atoms with Crippen LogP contribution in [0.25, 0.3) is 0 Å². The number of nitrogen functional groups attached to an aromatic ring is 1. The van der Waals surface area contributed by atoms with Gasteiger partial charge in [0, 0.05) is 6.07 Å². The lowest BCUT2D eigenvalue weighted by atomic mass is 9.83. The van der Waals surface area contributed by atoms with Crippen LogP contribution in [0.15, 0.2) is 30.3 Å². The van der Waals surface area contributed by atoms with Crippen molar-refractivity contribution < 1.29 is 9.53 Å². The first kappa shape index (κ1) is 14.1. The molecule has 0 radical (unpaired) electrons. The zero-order chi connectivity index (χ0) is 14.9. The predicted octanol–water partition coefficient (Wildman–Crippen LogP) is 2.40. The standard InChI is InChI=1S/C15H19N3O2/c1-10-9-13(16)18(17-10)14(19)15(2,3)11-5-7-12(20-4)8-6-11/h5-9H,16H2,1-4H3. The van der Waals surface area contributed by atoms with Crippen molar-refractivity contribution in [2.24, 2.45) is 0 Å². The Morgan fingerprint density at radius 3 is 2.35 bits per heavy atom. The molecule has 2 aromatic rings. The van der Waals surface area contributed by atoms with Crippen LogP contribution in [0.3, 0.4) is 0 Å². The Hall–Kier alpha value is -2.30. The molecule has 106 valence electrons. The molecule has 0 aliphatic rings. The monoisotopic (exact) mass is 273 g/mol. The first-order valence-electron chi connectivity index (χ1n) is 6.37. The van der Waals surface area contributed by atoms with Crippen molar-refractivity contribution in [2.45, 2.75) is 26.2 Å². The molecule has 5 nitrogen and oxygen atoms in total. The molecule has 0 aliphatic carbocycles. The Kier molecular flexibility index (Phi) is 3.53. The van der Waals surface area contributed by atoms with Crippen molar-refractivity contribution in [3.63, 3.8) is 0 Å². The van der Waals surface area contributed by atoms with E-state index in [0.29, 0.717) is 5.82 Å². The van der Waals surface area contributed by atoms with Gasteiger partial charge >= 0.3 is 0 Å². The lowest BCUT2D eigenvalue weighted by Crippen LogP contribution is -2.35. The number of ether oxygens (including phenoxy) is 1. The summed E-state index contributed by atoms with van der Waals surface area (Å²) < 4.78 is 6.39. The summed E-state index contributed by atoms with van der Waals surface area (Å²) >= 11 is 0. The average molecular weight is 273 g/mol. The van der Waals surface area contributed by atoms with Gasteiger partial charge in [-0.25, -0.2) is 0 Å². The number of nitrogens with two attached hydrogens (primary N) is 1. The van der Waals surface area contributed by atoms with Crippen molar-refractivity contribution in [1.82, 2.24) is 9.78 Å². The van der Waals surface area contributed by atoms with Gasteiger partial charge < -0.3 is 10.5 Å². The molecule has 0 aliphatic heterocycles. The molecule has 0 amide bonds. The number of methoxy groups -OCH3 is 1. The Balaban J connectivity index is 2.37. The van der Waals surface area contributed by atoms with Crippen LogP contribution in [0.2, 0.25) is 0 Å². The smallest absolute Gasteiger partial charge is 0.258 e. The van der Waals surface area contributed by atoms with E-state index in [1.165, 1.54) is 4.68 Å². The fraction of sp³-hybridized carbons (Fsp3) is 0.333. The molecular formula is C15H19N3O2. The van der Waals surface area contributed by atoms with Gasteiger partial charge in [0.25, 0.3) is 5.91 Å². The molecule has 2 rings (SSSR count). The summed E-state index contributed by atoms with van der Waals surface area (Å²) in [6.07, 6.45) is 0. The van der Waals surface area contributed by atoms with E-state index in [4.69, 9.17) is 10.5 Å². The maximum atomic E-state index is 12.6. The molecule has 0 bridgehead atoms. The molecule has 0 spiro atoms. The van der Waals surface area contributed by atoms with Crippen molar-refractivity contribution in [1.29, 1.82) is 0 Å². The van der Waals surface area contributed by atoms with E-state index in [9.17, 15) is 4.79 Å². The number of aromatic nitrogens is 2. The Bertz CT molecular complexity index is 627. The van der Waals surface area contributed by atoms with E-state index >= 15 is 0 Å². The highest BCUT2D eigenvalue weighted by molar-refractivity contribution is 5.90. The molecule has 20 heavy (non-hydrogen) atoms. The van der Waals surface area contributed by atoms with Gasteiger partial charge in [-0.05, 0) is 38.5 Å². The van der Waals surface area contributed by atoms with Crippen LogP contribution in [0, 0.1) is 6.92 Å². The number of anilines is 1. The largest absolute Gasteiger partial charge is 0.497 e. The van der Waals surface area contributed by atoms with E-state index in [1.807, 2.05) is 38.1 Å². The van der Waals surface area contributed by atoms with Gasteiger partial charge in [-0.1, -0.05) is 12.1 Å². The number of carbonyl (C=O) groups excluding carboxylic acids is 1. The second-order valence-electron chi connectivity index (χ2n) is 5.28. The van der Waals surface area contributed by atoms with Crippen LogP contribution in [0.5, 0.6) is 5.75 Å². The highest BCUT2D eigenvalue weighted by Gasteiger charge is 2.32. The van der Waals surface area contributed by atoms with E-state index in [2.05, 4.69) is 5.10 Å². The summed E-state index contributed by atoms with van der Waals surface area (Å²) in [5.41, 5.74) is 6.71. The maximum Gasteiger partial charge on any atom is 0.258 e. The second-order valence-corrected chi connectivity index (χ2v) is 5.28. The third-order valence-corrected chi connectivity index (χ3v) is 3.40. The lowest BCUT2D eigenvalue weighted by molar-refractivity contribution is 0.0807. The summed E-state index contributed by atoms with van der Waals surface area (Å²) in [6.45, 7) is 5.52. The van der Waals surface area contributed by atoms with Crippen LogP contribution in [0.4, 0.5) is 5.82 Å². The Morgan fingerprint density at radius 1 is 1.30 bits per heavy atom. The van der Waals surface area contributed by atoms with Crippen molar-refractivity contribution >= 4 is 11.7 Å². The molecule has 0 saturated carbocycles. The molecule has 5 heteroatoms. The molecule has 0 unspecified atom stereocenters. The average Bonchev–Trinajstić information content (AvgIpc) is 2.76. The van der Waals surface area contributed by atoms with Gasteiger partial charge in [-0.2, -0.15) is 9.78 Å². The zero-order valence-electron chi connectivity index (χ0n) is 12.2. The molecule has 0 fully saturated rings. The SMILES string of the molecule is COc1ccc(C(C)(C)C(=O)n2nc(C)cc2N)cc1. The normalized spacial score (nSPS) is 11.4. The highest BCUT2D eigenvalue weighted by atomic mass is 16.5. The molecule has 2 N–H and O–H groups in total. The zero-order valence-corrected chi connectivity index (χ0v) is 12.2. The van der Waals surface area contributed by atoms with E-state index in [1.54, 1.807) is 20.1 Å². The van der Waals surface area contributed by atoms with E-state index in [-0.39, 0.29) is 5.91 Å². The van der Waals surface area contributed by atoms with Crippen molar-refractivity contribution in [2.75, 3.05) is 12.8 Å². The van der Waals surface area contributed by atoms with Gasteiger partial charge in [0.15, 0.2) is 0 Å². The van der Waals surface area contributed by atoms with Crippen LogP contribution in [0.1, 0.15) is 29.9 Å². The number of hydrogen-bond donors (Lipinski definition) is 1. The molecular weight excluding hydrogens is 254 g/mol. The summed E-state index contributed by atoms with van der Waals surface area (Å²) in [4.78, 5) is 12.6. The number of rotatable bonds is 3. The molecule has 1 heterocycles. The fourth-order valence-corrected chi connectivity index (χ4v) is 2.08. The Labute approximate surface area is 118 Å². The summed E-state index contributed by atoms with van der Waals surface area (Å²) in [5.74, 6) is 0.953. The van der Waals surface area contributed by atoms with Gasteiger partial charge in [0.1, 0.15) is 11.6 Å². The third kappa shape index (κ3) is 2.39. The summed E-state index contributed by atoms with van der Waals surface area (Å²) in [5, 5.41) is 4.15. The summed E-state index contributed by atoms with van der Waals surface area (Å²) in [6, 6.07) is 9.11. The number of aryl methyl sites for hydroxylation is 1. The van der Waals surface area contributed by atoms with Crippen LogP contribution >= 0.6 is 0 Å². The number of hydrogen-bond acceptors (Lipinski definition) is 4. The maximum absolute atomic E-state index is 12.6. The first-order valence-corrected chi connectivity index (χ1v) is 6.37. The highest BCUT2D eigenvalue weighted by Crippen LogP contribution is 2.27. The van der Waals surface area contributed by atoms with E-state index < -0.39 is 5.41 Å². The molecule has 1 aromatic carbocycles. The molecule has 1 aromatic heterocycles. The Morgan fingerprint density at radius 2 is 1.90 bits per heavy atom.